The van der Waals surface area contributed by atoms with Crippen molar-refractivity contribution < 1.29 is 18.0 Å². The Morgan fingerprint density at radius 2 is 1.69 bits per heavy atom. The molecule has 0 saturated carbocycles. The molecule has 9 heteroatoms. The third kappa shape index (κ3) is 7.63. The van der Waals surface area contributed by atoms with Crippen molar-refractivity contribution in [3.05, 3.63) is 64.6 Å². The largest absolute Gasteiger partial charge is 0.354 e. The van der Waals surface area contributed by atoms with E-state index in [0.29, 0.717) is 12.2 Å². The molecule has 0 aromatic heterocycles. The Labute approximate surface area is 199 Å². The van der Waals surface area contributed by atoms with Crippen molar-refractivity contribution >= 4 is 43.5 Å². The van der Waals surface area contributed by atoms with E-state index in [-0.39, 0.29) is 18.4 Å². The highest BCUT2D eigenvalue weighted by molar-refractivity contribution is 9.10. The van der Waals surface area contributed by atoms with Crippen LogP contribution in [0.4, 0.5) is 5.69 Å². The van der Waals surface area contributed by atoms with E-state index in [4.69, 9.17) is 0 Å². The number of sulfonamides is 1. The molecule has 0 saturated heterocycles. The third-order valence-electron chi connectivity index (χ3n) is 4.82. The van der Waals surface area contributed by atoms with Crippen molar-refractivity contribution in [3.63, 3.8) is 0 Å². The summed E-state index contributed by atoms with van der Waals surface area (Å²) < 4.78 is 26.8. The molecule has 2 aromatic rings. The molecule has 174 valence electrons. The van der Waals surface area contributed by atoms with Gasteiger partial charge in [0.25, 0.3) is 0 Å². The SMILES string of the molecule is CC(C)CNC(=O)[C@H](C)N(Cc1cccc(Br)c1)C(=O)CN(c1ccccc1)S(C)(=O)=O. The second-order valence-electron chi connectivity index (χ2n) is 8.07. The highest BCUT2D eigenvalue weighted by atomic mass is 79.9. The zero-order valence-corrected chi connectivity index (χ0v) is 21.2. The summed E-state index contributed by atoms with van der Waals surface area (Å²) in [5.74, 6) is -0.488. The number of benzene rings is 2. The first kappa shape index (κ1) is 25.9. The Bertz CT molecular complexity index is 1030. The first-order chi connectivity index (χ1) is 15.0. The second-order valence-corrected chi connectivity index (χ2v) is 10.9. The Kier molecular flexibility index (Phi) is 9.27. The van der Waals surface area contributed by atoms with Gasteiger partial charge in [0.05, 0.1) is 11.9 Å². The average molecular weight is 524 g/mol. The van der Waals surface area contributed by atoms with Gasteiger partial charge in [-0.3, -0.25) is 13.9 Å². The molecule has 0 fully saturated rings. The lowest BCUT2D eigenvalue weighted by Gasteiger charge is -2.31. The molecule has 2 aromatic carbocycles. The van der Waals surface area contributed by atoms with Gasteiger partial charge in [-0.25, -0.2) is 8.42 Å². The maximum absolute atomic E-state index is 13.4. The minimum Gasteiger partial charge on any atom is -0.354 e. The van der Waals surface area contributed by atoms with Crippen molar-refractivity contribution in [2.45, 2.75) is 33.4 Å². The zero-order valence-electron chi connectivity index (χ0n) is 18.8. The van der Waals surface area contributed by atoms with Gasteiger partial charge in [0.2, 0.25) is 21.8 Å². The lowest BCUT2D eigenvalue weighted by atomic mass is 10.1. The summed E-state index contributed by atoms with van der Waals surface area (Å²) in [4.78, 5) is 27.5. The summed E-state index contributed by atoms with van der Waals surface area (Å²) in [6.07, 6.45) is 1.06. The van der Waals surface area contributed by atoms with E-state index in [0.717, 1.165) is 20.6 Å². The topological polar surface area (TPSA) is 86.8 Å². The number of para-hydroxylation sites is 1. The lowest BCUT2D eigenvalue weighted by molar-refractivity contribution is -0.139. The monoisotopic (exact) mass is 523 g/mol. The average Bonchev–Trinajstić information content (AvgIpc) is 2.73. The Balaban J connectivity index is 2.33. The van der Waals surface area contributed by atoms with E-state index in [1.165, 1.54) is 4.90 Å². The fraction of sp³-hybridized carbons (Fsp3) is 0.391. The van der Waals surface area contributed by atoms with Crippen LogP contribution in [-0.2, 0) is 26.2 Å². The quantitative estimate of drug-likeness (QED) is 0.516. The van der Waals surface area contributed by atoms with E-state index in [1.54, 1.807) is 37.3 Å². The second kappa shape index (κ2) is 11.5. The first-order valence-corrected chi connectivity index (χ1v) is 13.0. The number of nitrogens with one attached hydrogen (secondary N) is 1. The van der Waals surface area contributed by atoms with Crippen molar-refractivity contribution in [2.75, 3.05) is 23.7 Å². The summed E-state index contributed by atoms with van der Waals surface area (Å²) in [5.41, 5.74) is 1.21. The molecular weight excluding hydrogens is 494 g/mol. The Hall–Kier alpha value is -2.39. The predicted molar refractivity (Wildman–Crippen MR) is 131 cm³/mol. The number of rotatable bonds is 10. The molecule has 2 amide bonds. The first-order valence-electron chi connectivity index (χ1n) is 10.3. The van der Waals surface area contributed by atoms with Gasteiger partial charge >= 0.3 is 0 Å². The van der Waals surface area contributed by atoms with Crippen LogP contribution in [0, 0.1) is 5.92 Å². The van der Waals surface area contributed by atoms with Crippen LogP contribution in [0.2, 0.25) is 0 Å². The molecule has 2 rings (SSSR count). The van der Waals surface area contributed by atoms with Gasteiger partial charge in [-0.05, 0) is 42.7 Å². The molecule has 0 aliphatic heterocycles. The molecule has 1 N–H and O–H groups in total. The van der Waals surface area contributed by atoms with E-state index in [1.807, 2.05) is 38.1 Å². The van der Waals surface area contributed by atoms with Crippen LogP contribution in [-0.4, -0.2) is 50.5 Å². The van der Waals surface area contributed by atoms with Gasteiger partial charge in [-0.15, -0.1) is 0 Å². The van der Waals surface area contributed by atoms with Crippen molar-refractivity contribution in [3.8, 4) is 0 Å². The van der Waals surface area contributed by atoms with Crippen molar-refractivity contribution in [2.24, 2.45) is 5.92 Å². The number of hydrogen-bond acceptors (Lipinski definition) is 4. The molecule has 1 atom stereocenters. The Morgan fingerprint density at radius 3 is 2.25 bits per heavy atom. The number of nitrogens with zero attached hydrogens (tertiary/aromatic N) is 2. The summed E-state index contributed by atoms with van der Waals surface area (Å²) in [6.45, 7) is 5.87. The summed E-state index contributed by atoms with van der Waals surface area (Å²) in [5, 5.41) is 2.86. The maximum atomic E-state index is 13.4. The van der Waals surface area contributed by atoms with Gasteiger partial charge in [-0.1, -0.05) is 60.1 Å². The molecule has 0 radical (unpaired) electrons. The van der Waals surface area contributed by atoms with Gasteiger partial charge in [-0.2, -0.15) is 0 Å². The number of halogens is 1. The van der Waals surface area contributed by atoms with Crippen LogP contribution in [0.25, 0.3) is 0 Å². The molecule has 32 heavy (non-hydrogen) atoms. The van der Waals surface area contributed by atoms with Gasteiger partial charge < -0.3 is 10.2 Å². The third-order valence-corrected chi connectivity index (χ3v) is 6.45. The highest BCUT2D eigenvalue weighted by Crippen LogP contribution is 2.19. The lowest BCUT2D eigenvalue weighted by Crippen LogP contribution is -2.51. The number of carbonyl (C=O) groups is 2. The fourth-order valence-corrected chi connectivity index (χ4v) is 4.37. The van der Waals surface area contributed by atoms with Gasteiger partial charge in [0.15, 0.2) is 0 Å². The number of anilines is 1. The molecule has 7 nitrogen and oxygen atoms in total. The summed E-state index contributed by atoms with van der Waals surface area (Å²) in [6, 6.07) is 15.1. The Morgan fingerprint density at radius 1 is 1.03 bits per heavy atom. The number of hydrogen-bond donors (Lipinski definition) is 1. The van der Waals surface area contributed by atoms with E-state index in [2.05, 4.69) is 21.2 Å². The smallest absolute Gasteiger partial charge is 0.244 e. The van der Waals surface area contributed by atoms with Gasteiger partial charge in [0.1, 0.15) is 12.6 Å². The maximum Gasteiger partial charge on any atom is 0.244 e. The predicted octanol–water partition coefficient (Wildman–Crippen LogP) is 3.40. The van der Waals surface area contributed by atoms with Crippen LogP contribution in [0.15, 0.2) is 59.1 Å². The molecule has 0 spiro atoms. The highest BCUT2D eigenvalue weighted by Gasteiger charge is 2.30. The molecule has 0 aliphatic carbocycles. The van der Waals surface area contributed by atoms with E-state index in [9.17, 15) is 18.0 Å². The molecular formula is C23H30BrN3O4S. The van der Waals surface area contributed by atoms with Crippen LogP contribution >= 0.6 is 15.9 Å². The molecule has 0 unspecified atom stereocenters. The number of amides is 2. The minimum absolute atomic E-state index is 0.168. The molecule has 0 bridgehead atoms. The van der Waals surface area contributed by atoms with Crippen LogP contribution in [0.3, 0.4) is 0 Å². The summed E-state index contributed by atoms with van der Waals surface area (Å²) >= 11 is 3.42. The van der Waals surface area contributed by atoms with E-state index >= 15 is 0 Å². The molecule has 0 aliphatic rings. The molecule has 0 heterocycles. The van der Waals surface area contributed by atoms with Crippen molar-refractivity contribution in [1.82, 2.24) is 10.2 Å². The normalized spacial score (nSPS) is 12.3. The van der Waals surface area contributed by atoms with Gasteiger partial charge in [0, 0.05) is 17.6 Å². The standard InChI is InChI=1S/C23H30BrN3O4S/c1-17(2)14-25-23(29)18(3)26(15-19-9-8-10-20(24)13-19)22(28)16-27(32(4,30)31)21-11-6-5-7-12-21/h5-13,17-18H,14-16H2,1-4H3,(H,25,29)/t18-/m0/s1. The van der Waals surface area contributed by atoms with Crippen molar-refractivity contribution in [1.29, 1.82) is 0 Å². The van der Waals surface area contributed by atoms with E-state index < -0.39 is 28.5 Å². The number of carbonyl (C=O) groups excluding carboxylic acids is 2. The minimum atomic E-state index is -3.72. The summed E-state index contributed by atoms with van der Waals surface area (Å²) in [7, 11) is -3.72. The van der Waals surface area contributed by atoms with Crippen LogP contribution in [0.1, 0.15) is 26.3 Å². The van der Waals surface area contributed by atoms with Crippen LogP contribution in [0.5, 0.6) is 0 Å². The fourth-order valence-electron chi connectivity index (χ4n) is 3.08. The zero-order chi connectivity index (χ0) is 23.9. The van der Waals surface area contributed by atoms with Crippen LogP contribution < -0.4 is 9.62 Å².